The highest BCUT2D eigenvalue weighted by atomic mass is 16.3. The maximum atomic E-state index is 9.49. The minimum Gasteiger partial charge on any atom is -0.391 e. The lowest BCUT2D eigenvalue weighted by atomic mass is 10.0. The first-order valence-corrected chi connectivity index (χ1v) is 3.97. The van der Waals surface area contributed by atoms with Crippen molar-refractivity contribution in [2.45, 2.75) is 25.0 Å². The van der Waals surface area contributed by atoms with E-state index < -0.39 is 0 Å². The van der Waals surface area contributed by atoms with Crippen molar-refractivity contribution in [1.82, 2.24) is 4.90 Å². The van der Waals surface area contributed by atoms with Crippen molar-refractivity contribution >= 4 is 0 Å². The summed E-state index contributed by atoms with van der Waals surface area (Å²) in [5.74, 6) is 0. The first-order valence-electron chi connectivity index (χ1n) is 3.97. The molecule has 0 spiro atoms. The number of aliphatic hydroxyl groups is 1. The first kappa shape index (κ1) is 6.38. The Labute approximate surface area is 61.1 Å². The Bertz CT molecular complexity index is 155. The second-order valence-corrected chi connectivity index (χ2v) is 3.12. The van der Waals surface area contributed by atoms with E-state index in [0.29, 0.717) is 6.04 Å². The molecule has 2 aliphatic rings. The quantitative estimate of drug-likeness (QED) is 0.490. The van der Waals surface area contributed by atoms with Crippen molar-refractivity contribution in [3.05, 3.63) is 12.2 Å². The molecule has 0 bridgehead atoms. The largest absolute Gasteiger partial charge is 0.391 e. The summed E-state index contributed by atoms with van der Waals surface area (Å²) in [5.41, 5.74) is 0. The summed E-state index contributed by atoms with van der Waals surface area (Å²) in [6, 6.07) is 0.341. The molecule has 0 aromatic carbocycles. The standard InChI is InChI=1S/C8H13NO/c10-8-4-2-6-9-5-1-3-7(8)9/h1,3,7-8,10H,2,4-6H2/t7-,8+/m0/s1. The summed E-state index contributed by atoms with van der Waals surface area (Å²) < 4.78 is 0. The molecule has 2 rings (SSSR count). The highest BCUT2D eigenvalue weighted by Gasteiger charge is 2.29. The second-order valence-electron chi connectivity index (χ2n) is 3.12. The lowest BCUT2D eigenvalue weighted by molar-refractivity contribution is 0.0477. The van der Waals surface area contributed by atoms with Crippen LogP contribution in [0.1, 0.15) is 12.8 Å². The van der Waals surface area contributed by atoms with Crippen LogP contribution in [0.5, 0.6) is 0 Å². The van der Waals surface area contributed by atoms with Crippen LogP contribution in [0.4, 0.5) is 0 Å². The van der Waals surface area contributed by atoms with Gasteiger partial charge in [-0.05, 0) is 19.4 Å². The maximum absolute atomic E-state index is 9.49. The molecule has 0 radical (unpaired) electrons. The molecule has 56 valence electrons. The van der Waals surface area contributed by atoms with Gasteiger partial charge in [-0.2, -0.15) is 0 Å². The summed E-state index contributed by atoms with van der Waals surface area (Å²) in [6.45, 7) is 2.20. The average molecular weight is 139 g/mol. The van der Waals surface area contributed by atoms with Crippen molar-refractivity contribution in [3.8, 4) is 0 Å². The van der Waals surface area contributed by atoms with Crippen LogP contribution in [0.3, 0.4) is 0 Å². The smallest absolute Gasteiger partial charge is 0.0731 e. The molecule has 0 aromatic rings. The second kappa shape index (κ2) is 2.36. The number of piperidine rings is 1. The third kappa shape index (κ3) is 0.879. The summed E-state index contributed by atoms with van der Waals surface area (Å²) >= 11 is 0. The van der Waals surface area contributed by atoms with Crippen molar-refractivity contribution < 1.29 is 5.11 Å². The molecule has 0 saturated carbocycles. The average Bonchev–Trinajstić information content (AvgIpc) is 2.36. The number of rotatable bonds is 0. The zero-order valence-electron chi connectivity index (χ0n) is 6.03. The highest BCUT2D eigenvalue weighted by molar-refractivity contribution is 5.08. The van der Waals surface area contributed by atoms with Gasteiger partial charge in [0.1, 0.15) is 0 Å². The number of hydrogen-bond donors (Lipinski definition) is 1. The van der Waals surface area contributed by atoms with Crippen LogP contribution in [0.15, 0.2) is 12.2 Å². The number of hydrogen-bond acceptors (Lipinski definition) is 2. The monoisotopic (exact) mass is 139 g/mol. The predicted octanol–water partition coefficient (Wildman–Crippen LogP) is 0.381. The van der Waals surface area contributed by atoms with E-state index in [-0.39, 0.29) is 6.10 Å². The summed E-state index contributed by atoms with van der Waals surface area (Å²) in [4.78, 5) is 2.33. The van der Waals surface area contributed by atoms with Gasteiger partial charge >= 0.3 is 0 Å². The van der Waals surface area contributed by atoms with Gasteiger partial charge in [0, 0.05) is 6.54 Å². The van der Waals surface area contributed by atoms with Crippen LogP contribution in [-0.4, -0.2) is 35.2 Å². The van der Waals surface area contributed by atoms with Crippen LogP contribution in [0.2, 0.25) is 0 Å². The van der Waals surface area contributed by atoms with E-state index in [1.165, 1.54) is 0 Å². The van der Waals surface area contributed by atoms with Crippen molar-refractivity contribution in [2.24, 2.45) is 0 Å². The van der Waals surface area contributed by atoms with Gasteiger partial charge < -0.3 is 5.11 Å². The van der Waals surface area contributed by atoms with E-state index in [2.05, 4.69) is 17.1 Å². The molecule has 2 heterocycles. The molecule has 2 aliphatic heterocycles. The van der Waals surface area contributed by atoms with Gasteiger partial charge in [0.2, 0.25) is 0 Å². The van der Waals surface area contributed by atoms with Crippen LogP contribution in [-0.2, 0) is 0 Å². The fraction of sp³-hybridized carbons (Fsp3) is 0.750. The highest BCUT2D eigenvalue weighted by Crippen LogP contribution is 2.21. The third-order valence-electron chi connectivity index (χ3n) is 2.43. The van der Waals surface area contributed by atoms with Gasteiger partial charge in [-0.1, -0.05) is 12.2 Å². The van der Waals surface area contributed by atoms with Gasteiger partial charge in [-0.25, -0.2) is 0 Å². The normalized spacial score (nSPS) is 40.1. The molecular formula is C8H13NO. The molecule has 10 heavy (non-hydrogen) atoms. The van der Waals surface area contributed by atoms with E-state index in [0.717, 1.165) is 25.9 Å². The Hall–Kier alpha value is -0.340. The minimum absolute atomic E-state index is 0.104. The summed E-state index contributed by atoms with van der Waals surface area (Å²) in [5, 5.41) is 9.49. The van der Waals surface area contributed by atoms with Crippen LogP contribution in [0, 0.1) is 0 Å². The molecule has 2 heteroatoms. The fourth-order valence-corrected chi connectivity index (χ4v) is 1.87. The SMILES string of the molecule is O[C@@H]1CCCN2CC=C[C@@H]12. The van der Waals surface area contributed by atoms with Crippen LogP contribution >= 0.6 is 0 Å². The number of fused-ring (bicyclic) bond motifs is 1. The van der Waals surface area contributed by atoms with Crippen molar-refractivity contribution in [1.29, 1.82) is 0 Å². The molecule has 1 N–H and O–H groups in total. The van der Waals surface area contributed by atoms with E-state index >= 15 is 0 Å². The Morgan fingerprint density at radius 3 is 3.20 bits per heavy atom. The summed E-state index contributed by atoms with van der Waals surface area (Å²) in [7, 11) is 0. The zero-order chi connectivity index (χ0) is 6.97. The Balaban J connectivity index is 2.08. The lowest BCUT2D eigenvalue weighted by Gasteiger charge is -2.33. The molecule has 2 atom stereocenters. The molecule has 1 saturated heterocycles. The van der Waals surface area contributed by atoms with Gasteiger partial charge in [-0.15, -0.1) is 0 Å². The molecular weight excluding hydrogens is 126 g/mol. The van der Waals surface area contributed by atoms with Gasteiger partial charge in [-0.3, -0.25) is 4.90 Å². The molecule has 0 aliphatic carbocycles. The molecule has 0 amide bonds. The van der Waals surface area contributed by atoms with Crippen LogP contribution < -0.4 is 0 Å². The van der Waals surface area contributed by atoms with Gasteiger partial charge in [0.05, 0.1) is 12.1 Å². The van der Waals surface area contributed by atoms with Crippen molar-refractivity contribution in [2.75, 3.05) is 13.1 Å². The van der Waals surface area contributed by atoms with E-state index in [1.54, 1.807) is 0 Å². The fourth-order valence-electron chi connectivity index (χ4n) is 1.87. The van der Waals surface area contributed by atoms with Gasteiger partial charge in [0.25, 0.3) is 0 Å². The molecule has 1 fully saturated rings. The van der Waals surface area contributed by atoms with E-state index in [9.17, 15) is 5.11 Å². The molecule has 0 unspecified atom stereocenters. The molecule has 0 aromatic heterocycles. The zero-order valence-corrected chi connectivity index (χ0v) is 6.03. The maximum Gasteiger partial charge on any atom is 0.0731 e. The minimum atomic E-state index is -0.104. The predicted molar refractivity (Wildman–Crippen MR) is 39.7 cm³/mol. The summed E-state index contributed by atoms with van der Waals surface area (Å²) in [6.07, 6.45) is 6.31. The third-order valence-corrected chi connectivity index (χ3v) is 2.43. The number of nitrogens with zero attached hydrogens (tertiary/aromatic N) is 1. The van der Waals surface area contributed by atoms with E-state index in [1.807, 2.05) is 0 Å². The first-order chi connectivity index (χ1) is 4.88. The Kier molecular flexibility index (Phi) is 1.51. The Morgan fingerprint density at radius 1 is 1.50 bits per heavy atom. The lowest BCUT2D eigenvalue weighted by Crippen LogP contribution is -2.43. The topological polar surface area (TPSA) is 23.5 Å². The van der Waals surface area contributed by atoms with E-state index in [4.69, 9.17) is 0 Å². The van der Waals surface area contributed by atoms with Crippen LogP contribution in [0.25, 0.3) is 0 Å². The Morgan fingerprint density at radius 2 is 2.40 bits per heavy atom. The number of aliphatic hydroxyl groups excluding tert-OH is 1. The van der Waals surface area contributed by atoms with Crippen molar-refractivity contribution in [3.63, 3.8) is 0 Å². The molecule has 2 nitrogen and oxygen atoms in total. The van der Waals surface area contributed by atoms with Gasteiger partial charge in [0.15, 0.2) is 0 Å².